The molecule has 4 rings (SSSR count). The van der Waals surface area contributed by atoms with Crippen molar-refractivity contribution in [2.24, 2.45) is 0 Å². The molecule has 3 aromatic rings. The van der Waals surface area contributed by atoms with E-state index in [0.717, 1.165) is 5.56 Å². The fraction of sp³-hybridized carbons (Fsp3) is 0.174. The summed E-state index contributed by atoms with van der Waals surface area (Å²) < 4.78 is 39.1. The zero-order valence-corrected chi connectivity index (χ0v) is 18.7. The smallest absolute Gasteiger partial charge is 0.261 e. The van der Waals surface area contributed by atoms with Crippen LogP contribution in [0.5, 0.6) is 11.5 Å². The lowest BCUT2D eigenvalue weighted by molar-refractivity contribution is 0.0939. The van der Waals surface area contributed by atoms with Crippen LogP contribution in [0.15, 0.2) is 71.6 Å². The zero-order valence-electron chi connectivity index (χ0n) is 17.2. The third-order valence-electron chi connectivity index (χ3n) is 4.92. The van der Waals surface area contributed by atoms with Gasteiger partial charge in [0.1, 0.15) is 13.2 Å². The summed E-state index contributed by atoms with van der Waals surface area (Å²) in [6.07, 6.45) is 0. The number of ether oxygens (including phenoxy) is 2. The topological polar surface area (TPSA) is 93.7 Å². The molecule has 0 spiro atoms. The van der Waals surface area contributed by atoms with Gasteiger partial charge in [-0.05, 0) is 67.1 Å². The normalized spacial score (nSPS) is 13.8. The molecule has 0 radical (unpaired) electrons. The van der Waals surface area contributed by atoms with Gasteiger partial charge < -0.3 is 14.8 Å². The first-order valence-electron chi connectivity index (χ1n) is 9.91. The molecule has 1 unspecified atom stereocenters. The maximum absolute atomic E-state index is 12.8. The monoisotopic (exact) mass is 472 g/mol. The van der Waals surface area contributed by atoms with E-state index in [4.69, 9.17) is 21.1 Å². The number of benzene rings is 3. The van der Waals surface area contributed by atoms with Gasteiger partial charge in [-0.1, -0.05) is 23.7 Å². The van der Waals surface area contributed by atoms with E-state index in [2.05, 4.69) is 10.0 Å². The van der Waals surface area contributed by atoms with Gasteiger partial charge in [-0.15, -0.1) is 0 Å². The largest absolute Gasteiger partial charge is 0.486 e. The van der Waals surface area contributed by atoms with E-state index in [0.29, 0.717) is 35.4 Å². The molecular weight excluding hydrogens is 452 g/mol. The van der Waals surface area contributed by atoms with Crippen molar-refractivity contribution in [1.82, 2.24) is 5.32 Å². The second-order valence-electron chi connectivity index (χ2n) is 7.24. The van der Waals surface area contributed by atoms with Crippen molar-refractivity contribution in [2.45, 2.75) is 17.9 Å². The van der Waals surface area contributed by atoms with Gasteiger partial charge >= 0.3 is 0 Å². The number of rotatable bonds is 6. The summed E-state index contributed by atoms with van der Waals surface area (Å²) in [6, 6.07) is 17.3. The summed E-state index contributed by atoms with van der Waals surface area (Å²) in [6.45, 7) is 2.82. The number of fused-ring (bicyclic) bond motifs is 1. The van der Waals surface area contributed by atoms with Gasteiger partial charge in [0.25, 0.3) is 15.9 Å². The van der Waals surface area contributed by atoms with E-state index in [1.165, 1.54) is 18.2 Å². The molecule has 1 aliphatic rings. The maximum atomic E-state index is 12.8. The predicted molar refractivity (Wildman–Crippen MR) is 122 cm³/mol. The van der Waals surface area contributed by atoms with Gasteiger partial charge in [0, 0.05) is 16.3 Å². The molecule has 7 nitrogen and oxygen atoms in total. The molecule has 0 saturated heterocycles. The van der Waals surface area contributed by atoms with Crippen molar-refractivity contribution < 1.29 is 22.7 Å². The molecule has 0 fully saturated rings. The molecule has 1 heterocycles. The average molecular weight is 473 g/mol. The van der Waals surface area contributed by atoms with Gasteiger partial charge in [-0.25, -0.2) is 8.42 Å². The van der Waals surface area contributed by atoms with E-state index in [1.54, 1.807) is 30.3 Å². The molecule has 1 atom stereocenters. The Kier molecular flexibility index (Phi) is 6.25. The number of anilines is 1. The summed E-state index contributed by atoms with van der Waals surface area (Å²) in [5, 5.41) is 3.39. The highest BCUT2D eigenvalue weighted by molar-refractivity contribution is 7.92. The third-order valence-corrected chi connectivity index (χ3v) is 6.55. The predicted octanol–water partition coefficient (Wildman–Crippen LogP) is 4.40. The van der Waals surface area contributed by atoms with Crippen molar-refractivity contribution in [1.29, 1.82) is 0 Å². The molecule has 3 aromatic carbocycles. The summed E-state index contributed by atoms with van der Waals surface area (Å²) in [5.74, 6) is 0.914. The molecule has 9 heteroatoms. The van der Waals surface area contributed by atoms with Gasteiger partial charge in [0.2, 0.25) is 0 Å². The van der Waals surface area contributed by atoms with Crippen molar-refractivity contribution >= 4 is 33.2 Å². The number of nitrogens with one attached hydrogen (secondary N) is 2. The molecule has 0 saturated carbocycles. The van der Waals surface area contributed by atoms with Crippen LogP contribution >= 0.6 is 11.6 Å². The fourth-order valence-electron chi connectivity index (χ4n) is 3.23. The summed E-state index contributed by atoms with van der Waals surface area (Å²) in [5.41, 5.74) is 1.45. The Hall–Kier alpha value is -3.23. The summed E-state index contributed by atoms with van der Waals surface area (Å²) >= 11 is 5.84. The van der Waals surface area contributed by atoms with Crippen molar-refractivity contribution in [3.63, 3.8) is 0 Å². The molecule has 1 amide bonds. The number of halogens is 1. The second-order valence-corrected chi connectivity index (χ2v) is 9.36. The Morgan fingerprint density at radius 3 is 2.44 bits per heavy atom. The minimum atomic E-state index is -3.88. The minimum absolute atomic E-state index is 0.0212. The first-order valence-corrected chi connectivity index (χ1v) is 11.8. The van der Waals surface area contributed by atoms with E-state index in [9.17, 15) is 13.2 Å². The van der Waals surface area contributed by atoms with Gasteiger partial charge in [-0.3, -0.25) is 9.52 Å². The number of carbonyl (C=O) groups excluding carboxylic acids is 1. The highest BCUT2D eigenvalue weighted by Gasteiger charge is 2.19. The molecule has 1 aliphatic heterocycles. The number of carbonyl (C=O) groups is 1. The van der Waals surface area contributed by atoms with Crippen LogP contribution < -0.4 is 19.5 Å². The van der Waals surface area contributed by atoms with Crippen molar-refractivity contribution in [3.8, 4) is 11.5 Å². The van der Waals surface area contributed by atoms with Crippen LogP contribution in [0, 0.1) is 0 Å². The highest BCUT2D eigenvalue weighted by atomic mass is 35.5. The molecule has 0 bridgehead atoms. The first-order chi connectivity index (χ1) is 15.3. The lowest BCUT2D eigenvalue weighted by Crippen LogP contribution is -2.27. The van der Waals surface area contributed by atoms with Crippen molar-refractivity contribution in [2.75, 3.05) is 17.9 Å². The van der Waals surface area contributed by atoms with E-state index in [1.807, 2.05) is 25.1 Å². The quantitative estimate of drug-likeness (QED) is 0.554. The van der Waals surface area contributed by atoms with Crippen LogP contribution in [0.25, 0.3) is 0 Å². The Bertz CT molecular complexity index is 1250. The Labute approximate surface area is 191 Å². The van der Waals surface area contributed by atoms with E-state index in [-0.39, 0.29) is 16.5 Å². The van der Waals surface area contributed by atoms with Gasteiger partial charge in [-0.2, -0.15) is 0 Å². The SMILES string of the molecule is CC(NC(=O)c1cccc(S(=O)(=O)Nc2ccc(Cl)cc2)c1)c1ccc2c(c1)OCCO2. The number of hydrogen-bond donors (Lipinski definition) is 2. The zero-order chi connectivity index (χ0) is 22.7. The first kappa shape index (κ1) is 22.0. The molecule has 166 valence electrons. The Morgan fingerprint density at radius 1 is 0.969 bits per heavy atom. The minimum Gasteiger partial charge on any atom is -0.486 e. The summed E-state index contributed by atoms with van der Waals surface area (Å²) in [7, 11) is -3.88. The average Bonchev–Trinajstić information content (AvgIpc) is 2.80. The lowest BCUT2D eigenvalue weighted by atomic mass is 10.1. The van der Waals surface area contributed by atoms with Gasteiger partial charge in [0.05, 0.1) is 10.9 Å². The van der Waals surface area contributed by atoms with Crippen LogP contribution in [-0.4, -0.2) is 27.5 Å². The Morgan fingerprint density at radius 2 is 1.69 bits per heavy atom. The number of amides is 1. The van der Waals surface area contributed by atoms with Crippen molar-refractivity contribution in [3.05, 3.63) is 82.9 Å². The fourth-order valence-corrected chi connectivity index (χ4v) is 4.46. The molecular formula is C23H21ClN2O5S. The molecule has 0 aromatic heterocycles. The van der Waals surface area contributed by atoms with E-state index >= 15 is 0 Å². The summed E-state index contributed by atoms with van der Waals surface area (Å²) in [4.78, 5) is 12.8. The molecule has 0 aliphatic carbocycles. The third kappa shape index (κ3) is 4.98. The van der Waals surface area contributed by atoms with Crippen LogP contribution in [0.3, 0.4) is 0 Å². The Balaban J connectivity index is 1.48. The van der Waals surface area contributed by atoms with Crippen LogP contribution in [0.2, 0.25) is 5.02 Å². The van der Waals surface area contributed by atoms with Crippen LogP contribution in [0.4, 0.5) is 5.69 Å². The van der Waals surface area contributed by atoms with Gasteiger partial charge in [0.15, 0.2) is 11.5 Å². The second kappa shape index (κ2) is 9.10. The molecule has 2 N–H and O–H groups in total. The lowest BCUT2D eigenvalue weighted by Gasteiger charge is -2.21. The van der Waals surface area contributed by atoms with Crippen LogP contribution in [0.1, 0.15) is 28.9 Å². The molecule has 32 heavy (non-hydrogen) atoms. The van der Waals surface area contributed by atoms with Crippen LogP contribution in [-0.2, 0) is 10.0 Å². The highest BCUT2D eigenvalue weighted by Crippen LogP contribution is 2.32. The number of sulfonamides is 1. The number of hydrogen-bond acceptors (Lipinski definition) is 5. The van der Waals surface area contributed by atoms with E-state index < -0.39 is 15.9 Å². The maximum Gasteiger partial charge on any atom is 0.261 e. The standard InChI is InChI=1S/C23H21ClN2O5S/c1-15(16-5-10-21-22(14-16)31-12-11-30-21)25-23(27)17-3-2-4-20(13-17)32(28,29)26-19-8-6-18(24)7-9-19/h2-10,13-15,26H,11-12H2,1H3,(H,25,27).